The van der Waals surface area contributed by atoms with E-state index in [2.05, 4.69) is 32.1 Å². The third kappa shape index (κ3) is 3.65. The van der Waals surface area contributed by atoms with Crippen molar-refractivity contribution >= 4 is 17.5 Å². The summed E-state index contributed by atoms with van der Waals surface area (Å²) < 4.78 is 26.1. The van der Waals surface area contributed by atoms with Crippen molar-refractivity contribution in [2.24, 2.45) is 0 Å². The van der Waals surface area contributed by atoms with E-state index in [4.69, 9.17) is 0 Å². The van der Waals surface area contributed by atoms with Gasteiger partial charge in [-0.05, 0) is 25.2 Å². The second-order valence-corrected chi connectivity index (χ2v) is 5.65. The van der Waals surface area contributed by atoms with Gasteiger partial charge in [0.15, 0.2) is 11.6 Å². The number of carbonyl (C=O) groups is 1. The van der Waals surface area contributed by atoms with Gasteiger partial charge in [-0.2, -0.15) is 0 Å². The maximum atomic E-state index is 13.2. The van der Waals surface area contributed by atoms with Gasteiger partial charge in [0.05, 0.1) is 18.1 Å². The lowest BCUT2D eigenvalue weighted by atomic mass is 10.2. The second kappa shape index (κ2) is 6.88. The van der Waals surface area contributed by atoms with Crippen molar-refractivity contribution in [1.29, 1.82) is 0 Å². The molecule has 3 rings (SSSR count). The Kier molecular flexibility index (Phi) is 4.66. The van der Waals surface area contributed by atoms with Gasteiger partial charge < -0.3 is 15.1 Å². The first-order valence-corrected chi connectivity index (χ1v) is 7.55. The smallest absolute Gasteiger partial charge is 0.255 e. The lowest BCUT2D eigenvalue weighted by molar-refractivity contribution is 0.102. The molecule has 126 valence electrons. The minimum atomic E-state index is -1.07. The molecule has 24 heavy (non-hydrogen) atoms. The third-order valence-corrected chi connectivity index (χ3v) is 3.86. The molecule has 0 unspecified atom stereocenters. The number of hydrogen-bond acceptors (Lipinski definition) is 5. The molecule has 0 radical (unpaired) electrons. The van der Waals surface area contributed by atoms with Crippen molar-refractivity contribution < 1.29 is 13.6 Å². The van der Waals surface area contributed by atoms with Crippen LogP contribution in [0.5, 0.6) is 0 Å². The molecule has 1 aliphatic rings. The number of nitrogens with one attached hydrogen (secondary N) is 1. The van der Waals surface area contributed by atoms with Gasteiger partial charge in [0.1, 0.15) is 0 Å². The SMILES string of the molecule is CN1CCN(c2ncc(NC(=O)c3ccc(F)c(F)c3)cn2)CC1. The fraction of sp³-hybridized carbons (Fsp3) is 0.312. The summed E-state index contributed by atoms with van der Waals surface area (Å²) in [5, 5.41) is 2.56. The van der Waals surface area contributed by atoms with E-state index >= 15 is 0 Å². The molecule has 0 spiro atoms. The molecule has 6 nitrogen and oxygen atoms in total. The van der Waals surface area contributed by atoms with Crippen LogP contribution in [0, 0.1) is 11.6 Å². The van der Waals surface area contributed by atoms with Gasteiger partial charge in [-0.15, -0.1) is 0 Å². The molecule has 1 N–H and O–H groups in total. The number of benzene rings is 1. The Morgan fingerprint density at radius 1 is 1.08 bits per heavy atom. The molecule has 2 aromatic rings. The molecule has 0 bridgehead atoms. The van der Waals surface area contributed by atoms with Crippen molar-refractivity contribution in [3.8, 4) is 0 Å². The lowest BCUT2D eigenvalue weighted by Gasteiger charge is -2.32. The molecule has 1 aliphatic heterocycles. The van der Waals surface area contributed by atoms with Crippen LogP contribution in [0.2, 0.25) is 0 Å². The first-order chi connectivity index (χ1) is 11.5. The summed E-state index contributed by atoms with van der Waals surface area (Å²) in [7, 11) is 2.06. The normalized spacial score (nSPS) is 15.4. The van der Waals surface area contributed by atoms with Gasteiger partial charge in [0.2, 0.25) is 5.95 Å². The van der Waals surface area contributed by atoms with Gasteiger partial charge in [0.25, 0.3) is 5.91 Å². The average molecular weight is 333 g/mol. The van der Waals surface area contributed by atoms with E-state index in [1.165, 1.54) is 18.5 Å². The Bertz CT molecular complexity index is 730. The summed E-state index contributed by atoms with van der Waals surface area (Å²) in [4.78, 5) is 24.8. The van der Waals surface area contributed by atoms with E-state index in [0.29, 0.717) is 11.6 Å². The molecule has 0 saturated carbocycles. The Morgan fingerprint density at radius 2 is 1.75 bits per heavy atom. The third-order valence-electron chi connectivity index (χ3n) is 3.86. The van der Waals surface area contributed by atoms with Crippen LogP contribution in [-0.4, -0.2) is 54.0 Å². The standard InChI is InChI=1S/C16H17F2N5O/c1-22-4-6-23(7-5-22)16-19-9-12(10-20-16)21-15(24)11-2-3-13(17)14(18)8-11/h2-3,8-10H,4-7H2,1H3,(H,21,24). The zero-order valence-electron chi connectivity index (χ0n) is 13.2. The molecular weight excluding hydrogens is 316 g/mol. The molecule has 1 saturated heterocycles. The Balaban J connectivity index is 1.65. The van der Waals surface area contributed by atoms with Crippen LogP contribution < -0.4 is 10.2 Å². The summed E-state index contributed by atoms with van der Waals surface area (Å²) in [6.45, 7) is 3.57. The predicted octanol–water partition coefficient (Wildman–Crippen LogP) is 1.76. The highest BCUT2D eigenvalue weighted by Crippen LogP contribution is 2.14. The maximum Gasteiger partial charge on any atom is 0.255 e. The molecule has 2 heterocycles. The van der Waals surface area contributed by atoms with E-state index in [1.54, 1.807) is 0 Å². The van der Waals surface area contributed by atoms with Gasteiger partial charge in [-0.1, -0.05) is 0 Å². The highest BCUT2D eigenvalue weighted by Gasteiger charge is 2.16. The first kappa shape index (κ1) is 16.3. The minimum absolute atomic E-state index is 0.0250. The van der Waals surface area contributed by atoms with Crippen molar-refractivity contribution in [2.45, 2.75) is 0 Å². The lowest BCUT2D eigenvalue weighted by Crippen LogP contribution is -2.45. The number of rotatable bonds is 3. The number of amides is 1. The molecule has 1 fully saturated rings. The molecule has 0 aliphatic carbocycles. The summed E-state index contributed by atoms with van der Waals surface area (Å²) in [5.41, 5.74) is 0.416. The van der Waals surface area contributed by atoms with Gasteiger partial charge in [-0.3, -0.25) is 4.79 Å². The van der Waals surface area contributed by atoms with Gasteiger partial charge in [-0.25, -0.2) is 18.7 Å². The van der Waals surface area contributed by atoms with Crippen LogP contribution >= 0.6 is 0 Å². The summed E-state index contributed by atoms with van der Waals surface area (Å²) >= 11 is 0. The van der Waals surface area contributed by atoms with E-state index in [-0.39, 0.29) is 5.56 Å². The van der Waals surface area contributed by atoms with Crippen molar-refractivity contribution in [2.75, 3.05) is 43.4 Å². The highest BCUT2D eigenvalue weighted by molar-refractivity contribution is 6.04. The van der Waals surface area contributed by atoms with Crippen LogP contribution in [0.3, 0.4) is 0 Å². The van der Waals surface area contributed by atoms with Crippen LogP contribution in [0.1, 0.15) is 10.4 Å². The van der Waals surface area contributed by atoms with Crippen LogP contribution in [0.4, 0.5) is 20.4 Å². The van der Waals surface area contributed by atoms with Gasteiger partial charge in [0, 0.05) is 31.7 Å². The van der Waals surface area contributed by atoms with Crippen molar-refractivity contribution in [3.05, 3.63) is 47.8 Å². The Hall–Kier alpha value is -2.61. The monoisotopic (exact) mass is 333 g/mol. The Morgan fingerprint density at radius 3 is 2.38 bits per heavy atom. The first-order valence-electron chi connectivity index (χ1n) is 7.55. The van der Waals surface area contributed by atoms with Crippen LogP contribution in [-0.2, 0) is 0 Å². The topological polar surface area (TPSA) is 61.4 Å². The molecule has 1 aromatic heterocycles. The summed E-state index contributed by atoms with van der Waals surface area (Å²) in [6.07, 6.45) is 3.00. The number of hydrogen-bond donors (Lipinski definition) is 1. The molecule has 1 aromatic carbocycles. The van der Waals surface area contributed by atoms with E-state index in [0.717, 1.165) is 38.3 Å². The number of anilines is 2. The van der Waals surface area contributed by atoms with E-state index < -0.39 is 17.5 Å². The zero-order valence-corrected chi connectivity index (χ0v) is 13.2. The maximum absolute atomic E-state index is 13.2. The summed E-state index contributed by atoms with van der Waals surface area (Å²) in [5.74, 6) is -2.01. The van der Waals surface area contributed by atoms with Crippen LogP contribution in [0.15, 0.2) is 30.6 Å². The quantitative estimate of drug-likeness (QED) is 0.927. The highest BCUT2D eigenvalue weighted by atomic mass is 19.2. The van der Waals surface area contributed by atoms with Gasteiger partial charge >= 0.3 is 0 Å². The number of halogens is 2. The largest absolute Gasteiger partial charge is 0.338 e. The number of piperazine rings is 1. The number of carbonyl (C=O) groups excluding carboxylic acids is 1. The molecular formula is C16H17F2N5O. The molecule has 0 atom stereocenters. The minimum Gasteiger partial charge on any atom is -0.338 e. The average Bonchev–Trinajstić information content (AvgIpc) is 2.59. The number of likely N-dealkylation sites (N-methyl/N-ethyl adjacent to an activating group) is 1. The number of nitrogens with zero attached hydrogens (tertiary/aromatic N) is 4. The fourth-order valence-electron chi connectivity index (χ4n) is 2.40. The van der Waals surface area contributed by atoms with Crippen molar-refractivity contribution in [1.82, 2.24) is 14.9 Å². The zero-order chi connectivity index (χ0) is 17.1. The number of aromatic nitrogens is 2. The van der Waals surface area contributed by atoms with Crippen LogP contribution in [0.25, 0.3) is 0 Å². The Labute approximate surface area is 138 Å². The second-order valence-electron chi connectivity index (χ2n) is 5.65. The van der Waals surface area contributed by atoms with Crippen molar-refractivity contribution in [3.63, 3.8) is 0 Å². The predicted molar refractivity (Wildman–Crippen MR) is 86.1 cm³/mol. The van der Waals surface area contributed by atoms with E-state index in [1.807, 2.05) is 0 Å². The molecule has 8 heteroatoms. The summed E-state index contributed by atoms with van der Waals surface area (Å²) in [6, 6.07) is 2.98. The molecule has 1 amide bonds. The van der Waals surface area contributed by atoms with E-state index in [9.17, 15) is 13.6 Å². The fourth-order valence-corrected chi connectivity index (χ4v) is 2.40.